The van der Waals surface area contributed by atoms with Crippen molar-refractivity contribution in [3.05, 3.63) is 107 Å². The van der Waals surface area contributed by atoms with E-state index < -0.39 is 6.04 Å². The van der Waals surface area contributed by atoms with Gasteiger partial charge >= 0.3 is 0 Å². The van der Waals surface area contributed by atoms with Gasteiger partial charge in [0.05, 0.1) is 6.42 Å². The topological polar surface area (TPSA) is 49.4 Å². The van der Waals surface area contributed by atoms with Crippen LogP contribution in [0.5, 0.6) is 0 Å². The largest absolute Gasteiger partial charge is 0.352 e. The molecule has 3 rings (SSSR count). The molecule has 4 nitrogen and oxygen atoms in total. The molecule has 2 amide bonds. The molecule has 0 heterocycles. The third kappa shape index (κ3) is 7.28. The molecule has 1 N–H and O–H groups in total. The lowest BCUT2D eigenvalue weighted by Crippen LogP contribution is -2.52. The molecule has 5 heteroatoms. The van der Waals surface area contributed by atoms with Crippen LogP contribution in [-0.2, 0) is 29.0 Å². The van der Waals surface area contributed by atoms with E-state index in [1.807, 2.05) is 75.4 Å². The number of nitrogens with zero attached hydrogens (tertiary/aromatic N) is 1. The normalized spacial score (nSPS) is 11.8. The minimum absolute atomic E-state index is 0.0599. The molecule has 0 bridgehead atoms. The summed E-state index contributed by atoms with van der Waals surface area (Å²) < 4.78 is 13.5. The van der Waals surface area contributed by atoms with E-state index in [1.54, 1.807) is 17.0 Å². The second-order valence-electron chi connectivity index (χ2n) is 8.68. The Balaban J connectivity index is 1.96. The highest BCUT2D eigenvalue weighted by molar-refractivity contribution is 5.89. The number of hydrogen-bond donors (Lipinski definition) is 1. The molecule has 0 saturated heterocycles. The Bertz CT molecular complexity index is 1060. The van der Waals surface area contributed by atoms with Gasteiger partial charge in [-0.1, -0.05) is 72.3 Å². The highest BCUT2D eigenvalue weighted by Gasteiger charge is 2.30. The lowest BCUT2D eigenvalue weighted by atomic mass is 10.0. The monoisotopic (exact) mass is 446 g/mol. The summed E-state index contributed by atoms with van der Waals surface area (Å²) >= 11 is 0. The molecule has 3 aromatic carbocycles. The van der Waals surface area contributed by atoms with Crippen molar-refractivity contribution in [1.29, 1.82) is 0 Å². The Morgan fingerprint density at radius 1 is 0.879 bits per heavy atom. The van der Waals surface area contributed by atoms with Crippen molar-refractivity contribution in [2.24, 2.45) is 0 Å². The Kier molecular flexibility index (Phi) is 8.36. The van der Waals surface area contributed by atoms with Crippen LogP contribution < -0.4 is 5.32 Å². The number of nitrogens with one attached hydrogen (secondary N) is 1. The van der Waals surface area contributed by atoms with Crippen molar-refractivity contribution in [2.75, 3.05) is 0 Å². The lowest BCUT2D eigenvalue weighted by Gasteiger charge is -2.32. The Morgan fingerprint density at radius 2 is 1.55 bits per heavy atom. The molecule has 0 unspecified atom stereocenters. The summed E-state index contributed by atoms with van der Waals surface area (Å²) in [5, 5.41) is 2.97. The number of rotatable bonds is 9. The third-order valence-corrected chi connectivity index (χ3v) is 5.41. The van der Waals surface area contributed by atoms with E-state index >= 15 is 0 Å². The van der Waals surface area contributed by atoms with Crippen molar-refractivity contribution >= 4 is 11.8 Å². The first-order chi connectivity index (χ1) is 15.8. The summed E-state index contributed by atoms with van der Waals surface area (Å²) in [6, 6.07) is 22.8. The molecule has 0 aliphatic rings. The SMILES string of the molecule is Cc1cccc(CC(=O)N(Cc2ccc(F)cc2)[C@H](Cc2ccccc2)C(=O)NC(C)C)c1. The summed E-state index contributed by atoms with van der Waals surface area (Å²) in [7, 11) is 0. The molecular weight excluding hydrogens is 415 g/mol. The highest BCUT2D eigenvalue weighted by atomic mass is 19.1. The van der Waals surface area contributed by atoms with Gasteiger partial charge in [-0.15, -0.1) is 0 Å². The van der Waals surface area contributed by atoms with Crippen LogP contribution in [0.3, 0.4) is 0 Å². The molecule has 0 radical (unpaired) electrons. The maximum absolute atomic E-state index is 13.6. The van der Waals surface area contributed by atoms with Crippen LogP contribution in [0.2, 0.25) is 0 Å². The van der Waals surface area contributed by atoms with E-state index in [0.29, 0.717) is 6.42 Å². The number of halogens is 1. The first kappa shape index (κ1) is 24.2. The zero-order valence-electron chi connectivity index (χ0n) is 19.4. The van der Waals surface area contributed by atoms with E-state index in [9.17, 15) is 14.0 Å². The fourth-order valence-corrected chi connectivity index (χ4v) is 3.82. The van der Waals surface area contributed by atoms with Crippen LogP contribution >= 0.6 is 0 Å². The quantitative estimate of drug-likeness (QED) is 0.511. The fraction of sp³-hybridized carbons (Fsp3) is 0.286. The van der Waals surface area contributed by atoms with Crippen molar-refractivity contribution in [1.82, 2.24) is 10.2 Å². The smallest absolute Gasteiger partial charge is 0.243 e. The lowest BCUT2D eigenvalue weighted by molar-refractivity contribution is -0.141. The number of benzene rings is 3. The van der Waals surface area contributed by atoms with Crippen molar-refractivity contribution in [3.63, 3.8) is 0 Å². The molecule has 172 valence electrons. The summed E-state index contributed by atoms with van der Waals surface area (Å²) in [6.07, 6.45) is 0.573. The molecule has 0 aromatic heterocycles. The number of amides is 2. The summed E-state index contributed by atoms with van der Waals surface area (Å²) in [6.45, 7) is 6.00. The Morgan fingerprint density at radius 3 is 2.18 bits per heavy atom. The Hall–Kier alpha value is -3.47. The second-order valence-corrected chi connectivity index (χ2v) is 8.68. The molecule has 0 aliphatic carbocycles. The minimum Gasteiger partial charge on any atom is -0.352 e. The number of hydrogen-bond acceptors (Lipinski definition) is 2. The number of aryl methyl sites for hydroxylation is 1. The number of carbonyl (C=O) groups is 2. The third-order valence-electron chi connectivity index (χ3n) is 5.41. The van der Waals surface area contributed by atoms with Crippen molar-refractivity contribution in [3.8, 4) is 0 Å². The maximum atomic E-state index is 13.6. The Labute approximate surface area is 195 Å². The van der Waals surface area contributed by atoms with Crippen LogP contribution in [0, 0.1) is 12.7 Å². The van der Waals surface area contributed by atoms with E-state index in [4.69, 9.17) is 0 Å². The van der Waals surface area contributed by atoms with E-state index in [-0.39, 0.29) is 36.6 Å². The van der Waals surface area contributed by atoms with Gasteiger partial charge < -0.3 is 10.2 Å². The second kappa shape index (κ2) is 11.4. The first-order valence-corrected chi connectivity index (χ1v) is 11.3. The van der Waals surface area contributed by atoms with Crippen molar-refractivity contribution in [2.45, 2.75) is 52.2 Å². The van der Waals surface area contributed by atoms with Crippen molar-refractivity contribution < 1.29 is 14.0 Å². The van der Waals surface area contributed by atoms with Crippen LogP contribution in [0.15, 0.2) is 78.9 Å². The van der Waals surface area contributed by atoms with Gasteiger partial charge in [-0.05, 0) is 49.6 Å². The van der Waals surface area contributed by atoms with E-state index in [1.165, 1.54) is 12.1 Å². The average molecular weight is 447 g/mol. The van der Waals surface area contributed by atoms with Gasteiger partial charge in [0.1, 0.15) is 11.9 Å². The van der Waals surface area contributed by atoms with E-state index in [0.717, 1.165) is 22.3 Å². The van der Waals surface area contributed by atoms with Gasteiger partial charge in [0.15, 0.2) is 0 Å². The molecule has 3 aromatic rings. The molecule has 33 heavy (non-hydrogen) atoms. The first-order valence-electron chi connectivity index (χ1n) is 11.3. The van der Waals surface area contributed by atoms with E-state index in [2.05, 4.69) is 5.32 Å². The van der Waals surface area contributed by atoms with Gasteiger partial charge in [-0.3, -0.25) is 9.59 Å². The van der Waals surface area contributed by atoms with Gasteiger partial charge in [0, 0.05) is 19.0 Å². The summed E-state index contributed by atoms with van der Waals surface area (Å²) in [5.41, 5.74) is 3.70. The van der Waals surface area contributed by atoms with Crippen LogP contribution in [0.4, 0.5) is 4.39 Å². The zero-order valence-corrected chi connectivity index (χ0v) is 19.4. The number of carbonyl (C=O) groups excluding carboxylic acids is 2. The fourth-order valence-electron chi connectivity index (χ4n) is 3.82. The summed E-state index contributed by atoms with van der Waals surface area (Å²) in [5.74, 6) is -0.687. The zero-order chi connectivity index (χ0) is 23.8. The van der Waals surface area contributed by atoms with Gasteiger partial charge in [0.2, 0.25) is 11.8 Å². The van der Waals surface area contributed by atoms with Crippen LogP contribution in [0.1, 0.15) is 36.1 Å². The maximum Gasteiger partial charge on any atom is 0.243 e. The predicted octanol–water partition coefficient (Wildman–Crippen LogP) is 4.84. The van der Waals surface area contributed by atoms with Gasteiger partial charge in [-0.2, -0.15) is 0 Å². The molecule has 1 atom stereocenters. The van der Waals surface area contributed by atoms with Gasteiger partial charge in [-0.25, -0.2) is 4.39 Å². The summed E-state index contributed by atoms with van der Waals surface area (Å²) in [4.78, 5) is 28.5. The highest BCUT2D eigenvalue weighted by Crippen LogP contribution is 2.17. The van der Waals surface area contributed by atoms with Crippen LogP contribution in [0.25, 0.3) is 0 Å². The minimum atomic E-state index is -0.697. The van der Waals surface area contributed by atoms with Crippen LogP contribution in [-0.4, -0.2) is 28.8 Å². The molecule has 0 saturated carbocycles. The standard InChI is InChI=1S/C28H31FN2O2/c1-20(2)30-28(33)26(17-22-9-5-4-6-10-22)31(19-23-12-14-25(29)15-13-23)27(32)18-24-11-7-8-21(3)16-24/h4-16,20,26H,17-19H2,1-3H3,(H,30,33)/t26-/m1/s1. The molecule has 0 fully saturated rings. The van der Waals surface area contributed by atoms with Gasteiger partial charge in [0.25, 0.3) is 0 Å². The molecule has 0 spiro atoms. The predicted molar refractivity (Wildman–Crippen MR) is 129 cm³/mol. The average Bonchev–Trinajstić information content (AvgIpc) is 2.77. The molecular formula is C28H31FN2O2. The molecule has 0 aliphatic heterocycles.